The first-order valence-electron chi connectivity index (χ1n) is 13.1. The summed E-state index contributed by atoms with van der Waals surface area (Å²) in [6.45, 7) is 17.0. The number of carbonyl (C=O) groups excluding carboxylic acids is 3. The van der Waals surface area contributed by atoms with Gasteiger partial charge in [0.1, 0.15) is 0 Å². The highest BCUT2D eigenvalue weighted by molar-refractivity contribution is 6.03. The van der Waals surface area contributed by atoms with Gasteiger partial charge in [0.2, 0.25) is 12.3 Å². The van der Waals surface area contributed by atoms with Crippen molar-refractivity contribution in [1.82, 2.24) is 20.1 Å². The lowest BCUT2D eigenvalue weighted by molar-refractivity contribution is -0.132. The van der Waals surface area contributed by atoms with Crippen LogP contribution in [-0.4, -0.2) is 71.8 Å². The Labute approximate surface area is 218 Å². The molecule has 1 aliphatic rings. The number of piperidine rings is 1. The molecule has 0 spiro atoms. The standard InChI is InChI=1S/C17H24N4O3.C8H17N.C3H8/c1-12(2)15(21(4)16(23)10-19-11-22)9-13(3)17(24)20-14-5-7-18-8-6-14;1-8(2)9-6-4-3-5-7-9;1-3-2/h5-9,11-12,15H,10H2,1-4H3,(H,19,22)(H,18,20,24);8H,3-7H2,1-2H3;3H2,1-2H3/b13-9+;;/t15-;;/m1../s1. The summed E-state index contributed by atoms with van der Waals surface area (Å²) in [7, 11) is 1.66. The highest BCUT2D eigenvalue weighted by Crippen LogP contribution is 2.15. The number of aromatic nitrogens is 1. The second kappa shape index (κ2) is 19.4. The maximum atomic E-state index is 12.3. The maximum Gasteiger partial charge on any atom is 0.251 e. The van der Waals surface area contributed by atoms with Crippen LogP contribution >= 0.6 is 0 Å². The van der Waals surface area contributed by atoms with Gasteiger partial charge >= 0.3 is 0 Å². The van der Waals surface area contributed by atoms with Gasteiger partial charge in [-0.3, -0.25) is 19.4 Å². The molecule has 1 fully saturated rings. The Morgan fingerprint density at radius 2 is 1.64 bits per heavy atom. The minimum atomic E-state index is -0.255. The molecule has 1 aromatic rings. The summed E-state index contributed by atoms with van der Waals surface area (Å²) in [5.74, 6) is -0.350. The van der Waals surface area contributed by atoms with Crippen molar-refractivity contribution in [3.63, 3.8) is 0 Å². The third-order valence-electron chi connectivity index (χ3n) is 5.70. The van der Waals surface area contributed by atoms with E-state index in [-0.39, 0.29) is 30.3 Å². The van der Waals surface area contributed by atoms with Crippen LogP contribution in [0.15, 0.2) is 36.2 Å². The van der Waals surface area contributed by atoms with Crippen molar-refractivity contribution in [2.75, 3.05) is 32.0 Å². The molecule has 1 aliphatic heterocycles. The van der Waals surface area contributed by atoms with Gasteiger partial charge < -0.3 is 20.4 Å². The van der Waals surface area contributed by atoms with E-state index in [0.29, 0.717) is 17.7 Å². The third kappa shape index (κ3) is 14.0. The zero-order valence-corrected chi connectivity index (χ0v) is 23.7. The minimum absolute atomic E-state index is 0.0701. The third-order valence-corrected chi connectivity index (χ3v) is 5.70. The molecule has 0 saturated carbocycles. The SMILES string of the molecule is C/C(=C\[C@H](C(C)C)N(C)C(=O)CNC=O)C(=O)Nc1ccncc1.CC(C)N1CCCCC1.CCC. The van der Waals surface area contributed by atoms with Gasteiger partial charge in [-0.15, -0.1) is 0 Å². The lowest BCUT2D eigenvalue weighted by Gasteiger charge is -2.29. The molecule has 3 amide bonds. The number of rotatable bonds is 9. The van der Waals surface area contributed by atoms with E-state index in [9.17, 15) is 14.4 Å². The molecular formula is C28H49N5O3. The molecule has 0 radical (unpaired) electrons. The van der Waals surface area contributed by atoms with Crippen LogP contribution in [-0.2, 0) is 14.4 Å². The summed E-state index contributed by atoms with van der Waals surface area (Å²) in [4.78, 5) is 42.6. The molecule has 204 valence electrons. The van der Waals surface area contributed by atoms with E-state index in [1.807, 2.05) is 13.8 Å². The molecule has 0 aromatic carbocycles. The Morgan fingerprint density at radius 3 is 2.08 bits per heavy atom. The van der Waals surface area contributed by atoms with Gasteiger partial charge in [-0.2, -0.15) is 0 Å². The fourth-order valence-corrected chi connectivity index (χ4v) is 3.60. The molecular weight excluding hydrogens is 454 g/mol. The van der Waals surface area contributed by atoms with E-state index in [0.717, 1.165) is 6.04 Å². The summed E-state index contributed by atoms with van der Waals surface area (Å²) in [6, 6.07) is 3.91. The quantitative estimate of drug-likeness (QED) is 0.382. The number of likely N-dealkylation sites (tertiary alicyclic amines) is 1. The zero-order chi connectivity index (χ0) is 27.5. The minimum Gasteiger partial charge on any atom is -0.350 e. The van der Waals surface area contributed by atoms with Crippen LogP contribution in [0.1, 0.15) is 74.1 Å². The first kappa shape index (κ1) is 33.3. The Kier molecular flexibility index (Phi) is 18.0. The van der Waals surface area contributed by atoms with Crippen LogP contribution in [0.25, 0.3) is 0 Å². The van der Waals surface area contributed by atoms with Gasteiger partial charge in [0, 0.05) is 36.7 Å². The molecule has 1 aromatic heterocycles. The van der Waals surface area contributed by atoms with Crippen molar-refractivity contribution in [3.8, 4) is 0 Å². The second-order valence-corrected chi connectivity index (χ2v) is 9.68. The van der Waals surface area contributed by atoms with Crippen LogP contribution < -0.4 is 10.6 Å². The molecule has 8 heteroatoms. The molecule has 1 saturated heterocycles. The number of pyridine rings is 1. The number of amides is 3. The number of hydrogen-bond donors (Lipinski definition) is 2. The van der Waals surface area contributed by atoms with Crippen molar-refractivity contribution in [1.29, 1.82) is 0 Å². The Bertz CT molecular complexity index is 775. The summed E-state index contributed by atoms with van der Waals surface area (Å²) in [6.07, 6.45) is 11.0. The average molecular weight is 504 g/mol. The molecule has 1 atom stereocenters. The van der Waals surface area contributed by atoms with E-state index >= 15 is 0 Å². The number of carbonyl (C=O) groups is 3. The van der Waals surface area contributed by atoms with E-state index in [1.54, 1.807) is 44.6 Å². The number of likely N-dealkylation sites (N-methyl/N-ethyl adjacent to an activating group) is 1. The first-order chi connectivity index (χ1) is 17.1. The molecule has 0 bridgehead atoms. The van der Waals surface area contributed by atoms with Gasteiger partial charge in [0.25, 0.3) is 5.91 Å². The largest absolute Gasteiger partial charge is 0.350 e. The molecule has 2 heterocycles. The average Bonchev–Trinajstić information content (AvgIpc) is 2.87. The Balaban J connectivity index is 0.000000838. The fraction of sp³-hybridized carbons (Fsp3) is 0.643. The maximum absolute atomic E-state index is 12.3. The fourth-order valence-electron chi connectivity index (χ4n) is 3.60. The first-order valence-corrected chi connectivity index (χ1v) is 13.1. The van der Waals surface area contributed by atoms with Crippen molar-refractivity contribution in [3.05, 3.63) is 36.2 Å². The van der Waals surface area contributed by atoms with Crippen LogP contribution in [0.3, 0.4) is 0 Å². The lowest BCUT2D eigenvalue weighted by atomic mass is 9.99. The van der Waals surface area contributed by atoms with E-state index in [2.05, 4.69) is 48.2 Å². The van der Waals surface area contributed by atoms with Gasteiger partial charge in [-0.05, 0) is 64.8 Å². The molecule has 8 nitrogen and oxygen atoms in total. The second-order valence-electron chi connectivity index (χ2n) is 9.68. The predicted octanol–water partition coefficient (Wildman–Crippen LogP) is 4.49. The van der Waals surface area contributed by atoms with Gasteiger partial charge in [0.05, 0.1) is 12.6 Å². The summed E-state index contributed by atoms with van der Waals surface area (Å²) in [5, 5.41) is 5.13. The number of nitrogens with one attached hydrogen (secondary N) is 2. The van der Waals surface area contributed by atoms with Gasteiger partial charge in [0.15, 0.2) is 0 Å². The highest BCUT2D eigenvalue weighted by atomic mass is 16.2. The summed E-state index contributed by atoms with van der Waals surface area (Å²) >= 11 is 0. The number of hydrogen-bond acceptors (Lipinski definition) is 5. The number of nitrogens with zero attached hydrogens (tertiary/aromatic N) is 3. The number of anilines is 1. The van der Waals surface area contributed by atoms with Crippen molar-refractivity contribution in [2.24, 2.45) is 5.92 Å². The van der Waals surface area contributed by atoms with E-state index < -0.39 is 0 Å². The zero-order valence-electron chi connectivity index (χ0n) is 23.7. The van der Waals surface area contributed by atoms with Crippen LogP contribution in [0, 0.1) is 5.92 Å². The van der Waals surface area contributed by atoms with Crippen LogP contribution in [0.4, 0.5) is 5.69 Å². The normalized spacial score (nSPS) is 14.6. The predicted molar refractivity (Wildman–Crippen MR) is 149 cm³/mol. The molecule has 2 rings (SSSR count). The Hall–Kier alpha value is -2.74. The summed E-state index contributed by atoms with van der Waals surface area (Å²) in [5.41, 5.74) is 1.16. The molecule has 0 unspecified atom stereocenters. The van der Waals surface area contributed by atoms with E-state index in [1.165, 1.54) is 43.7 Å². The van der Waals surface area contributed by atoms with Crippen molar-refractivity contribution in [2.45, 2.75) is 86.2 Å². The van der Waals surface area contributed by atoms with Gasteiger partial charge in [-0.1, -0.05) is 46.6 Å². The monoisotopic (exact) mass is 503 g/mol. The molecule has 36 heavy (non-hydrogen) atoms. The van der Waals surface area contributed by atoms with Crippen LogP contribution in [0.2, 0.25) is 0 Å². The smallest absolute Gasteiger partial charge is 0.251 e. The topological polar surface area (TPSA) is 94.6 Å². The molecule has 0 aliphatic carbocycles. The van der Waals surface area contributed by atoms with Gasteiger partial charge in [-0.25, -0.2) is 0 Å². The Morgan fingerprint density at radius 1 is 1.08 bits per heavy atom. The van der Waals surface area contributed by atoms with E-state index in [4.69, 9.17) is 0 Å². The van der Waals surface area contributed by atoms with Crippen molar-refractivity contribution < 1.29 is 14.4 Å². The lowest BCUT2D eigenvalue weighted by Crippen LogP contribution is -2.43. The molecule has 2 N–H and O–H groups in total. The summed E-state index contributed by atoms with van der Waals surface area (Å²) < 4.78 is 0. The highest BCUT2D eigenvalue weighted by Gasteiger charge is 2.22. The van der Waals surface area contributed by atoms with Crippen molar-refractivity contribution >= 4 is 23.9 Å². The van der Waals surface area contributed by atoms with Crippen LogP contribution in [0.5, 0.6) is 0 Å².